The zero-order valence-corrected chi connectivity index (χ0v) is 21.1. The Morgan fingerprint density at radius 3 is 2.60 bits per heavy atom. The minimum Gasteiger partial charge on any atom is -0.346 e. The normalized spacial score (nSPS) is 14.2. The molecule has 35 heavy (non-hydrogen) atoms. The van der Waals surface area contributed by atoms with E-state index in [1.54, 1.807) is 22.4 Å². The summed E-state index contributed by atoms with van der Waals surface area (Å²) in [6.07, 6.45) is 1.53. The van der Waals surface area contributed by atoms with Crippen LogP contribution in [0.3, 0.4) is 0 Å². The van der Waals surface area contributed by atoms with Crippen LogP contribution < -0.4 is 10.3 Å². The van der Waals surface area contributed by atoms with Gasteiger partial charge >= 0.3 is 0 Å². The van der Waals surface area contributed by atoms with E-state index in [1.165, 1.54) is 6.20 Å². The van der Waals surface area contributed by atoms with Gasteiger partial charge in [0.15, 0.2) is 5.13 Å². The van der Waals surface area contributed by atoms with E-state index < -0.39 is 0 Å². The molecule has 10 heteroatoms. The Balaban J connectivity index is 1.47. The number of hydrazine groups is 1. The molecule has 1 aromatic carbocycles. The topological polar surface area (TPSA) is 101 Å². The summed E-state index contributed by atoms with van der Waals surface area (Å²) in [4.78, 5) is 30.9. The summed E-state index contributed by atoms with van der Waals surface area (Å²) in [7, 11) is 2.14. The van der Waals surface area contributed by atoms with Gasteiger partial charge in [0.2, 0.25) is 5.82 Å². The van der Waals surface area contributed by atoms with Crippen LogP contribution in [0, 0.1) is 17.2 Å². The van der Waals surface area contributed by atoms with Crippen LogP contribution in [-0.2, 0) is 6.54 Å². The molecule has 1 aliphatic heterocycles. The molecule has 0 radical (unpaired) electrons. The molecule has 3 aromatic rings. The Bertz CT molecular complexity index is 1180. The van der Waals surface area contributed by atoms with Gasteiger partial charge in [-0.15, -0.1) is 11.3 Å². The molecule has 0 aliphatic carbocycles. The molecule has 1 N–H and O–H groups in total. The quantitative estimate of drug-likeness (QED) is 0.481. The van der Waals surface area contributed by atoms with Crippen molar-refractivity contribution in [3.05, 3.63) is 59.0 Å². The van der Waals surface area contributed by atoms with Crippen LogP contribution in [0.15, 0.2) is 41.9 Å². The van der Waals surface area contributed by atoms with Crippen LogP contribution in [-0.4, -0.2) is 70.5 Å². The van der Waals surface area contributed by atoms with Crippen molar-refractivity contribution in [3.8, 4) is 17.3 Å². The van der Waals surface area contributed by atoms with Crippen LogP contribution in [0.25, 0.3) is 11.3 Å². The van der Waals surface area contributed by atoms with Gasteiger partial charge in [0.05, 0.1) is 17.9 Å². The molecule has 2 aromatic heterocycles. The first kappa shape index (κ1) is 24.7. The molecule has 0 bridgehead atoms. The average molecular weight is 491 g/mol. The van der Waals surface area contributed by atoms with Gasteiger partial charge in [-0.05, 0) is 31.2 Å². The highest BCUT2D eigenvalue weighted by Gasteiger charge is 2.20. The van der Waals surface area contributed by atoms with Gasteiger partial charge in [-0.3, -0.25) is 9.80 Å². The highest BCUT2D eigenvalue weighted by atomic mass is 32.1. The van der Waals surface area contributed by atoms with Crippen molar-refractivity contribution in [2.75, 3.05) is 44.7 Å². The molecule has 1 saturated heterocycles. The maximum absolute atomic E-state index is 13.3. The highest BCUT2D eigenvalue weighted by molar-refractivity contribution is 7.14. The molecule has 4 rings (SSSR count). The predicted molar refractivity (Wildman–Crippen MR) is 137 cm³/mol. The van der Waals surface area contributed by atoms with E-state index in [-0.39, 0.29) is 18.3 Å². The Kier molecular flexibility index (Phi) is 8.02. The predicted octanol–water partition coefficient (Wildman–Crippen LogP) is 3.03. The smallest absolute Gasteiger partial charge is 0.268 e. The van der Waals surface area contributed by atoms with Gasteiger partial charge in [0.1, 0.15) is 6.07 Å². The molecule has 182 valence electrons. The van der Waals surface area contributed by atoms with Crippen molar-refractivity contribution in [2.24, 2.45) is 5.92 Å². The molecule has 3 heterocycles. The van der Waals surface area contributed by atoms with Gasteiger partial charge < -0.3 is 9.80 Å². The lowest BCUT2D eigenvalue weighted by molar-refractivity contribution is 0.0627. The number of anilines is 1. The van der Waals surface area contributed by atoms with E-state index in [1.807, 2.05) is 30.3 Å². The number of thiazole rings is 1. The molecular formula is C25H30N8OS. The number of carbonyl (C=O) groups excluding carboxylic acids is 1. The maximum atomic E-state index is 13.3. The van der Waals surface area contributed by atoms with Gasteiger partial charge in [-0.1, -0.05) is 26.0 Å². The van der Waals surface area contributed by atoms with Crippen molar-refractivity contribution in [1.29, 1.82) is 5.26 Å². The summed E-state index contributed by atoms with van der Waals surface area (Å²) in [5, 5.41) is 13.7. The van der Waals surface area contributed by atoms with E-state index in [0.717, 1.165) is 42.6 Å². The number of benzene rings is 1. The lowest BCUT2D eigenvalue weighted by atomic mass is 10.1. The Morgan fingerprint density at radius 1 is 1.17 bits per heavy atom. The number of carbonyl (C=O) groups is 1. The highest BCUT2D eigenvalue weighted by Crippen LogP contribution is 2.28. The van der Waals surface area contributed by atoms with Crippen LogP contribution >= 0.6 is 11.3 Å². The minimum atomic E-state index is -0.161. The van der Waals surface area contributed by atoms with Crippen LogP contribution in [0.2, 0.25) is 0 Å². The second-order valence-corrected chi connectivity index (χ2v) is 9.85. The van der Waals surface area contributed by atoms with Crippen LogP contribution in [0.1, 0.15) is 35.7 Å². The Hall–Kier alpha value is -3.39. The second-order valence-electron chi connectivity index (χ2n) is 9.01. The average Bonchev–Trinajstić information content (AvgIpc) is 3.37. The van der Waals surface area contributed by atoms with E-state index in [2.05, 4.69) is 51.5 Å². The number of rotatable bonds is 8. The first-order chi connectivity index (χ1) is 16.9. The zero-order valence-electron chi connectivity index (χ0n) is 20.3. The number of amides is 1. The number of aromatic nitrogens is 3. The van der Waals surface area contributed by atoms with Gasteiger partial charge in [0, 0.05) is 55.4 Å². The molecule has 0 atom stereocenters. The molecule has 0 saturated carbocycles. The lowest BCUT2D eigenvalue weighted by Crippen LogP contribution is -2.44. The minimum absolute atomic E-state index is 0.0855. The monoisotopic (exact) mass is 490 g/mol. The molecule has 1 fully saturated rings. The molecule has 0 unspecified atom stereocenters. The first-order valence-corrected chi connectivity index (χ1v) is 12.6. The maximum Gasteiger partial charge on any atom is 0.268 e. The van der Waals surface area contributed by atoms with Crippen molar-refractivity contribution in [2.45, 2.75) is 20.4 Å². The molecule has 9 nitrogen and oxygen atoms in total. The summed E-state index contributed by atoms with van der Waals surface area (Å²) in [6, 6.07) is 11.2. The molecule has 1 aliphatic rings. The van der Waals surface area contributed by atoms with E-state index in [0.29, 0.717) is 23.7 Å². The summed E-state index contributed by atoms with van der Waals surface area (Å²) < 4.78 is 0. The lowest BCUT2D eigenvalue weighted by Gasteiger charge is -2.32. The SMILES string of the molecule is CC(C)CNN(Cc1ccnc(C#N)n1)C(=O)c1ccc(-c2csc(N3CCN(C)CC3)n2)cc1. The van der Waals surface area contributed by atoms with Gasteiger partial charge in [-0.25, -0.2) is 20.4 Å². The number of nitrogens with one attached hydrogen (secondary N) is 1. The number of hydrogen-bond acceptors (Lipinski definition) is 9. The van der Waals surface area contributed by atoms with Crippen LogP contribution in [0.4, 0.5) is 5.13 Å². The number of nitrogens with zero attached hydrogens (tertiary/aromatic N) is 7. The van der Waals surface area contributed by atoms with E-state index in [4.69, 9.17) is 10.2 Å². The standard InChI is InChI=1S/C25H30N8OS/c1-18(2)15-28-33(16-21-8-9-27-23(14-26)29-21)24(34)20-6-4-19(5-7-20)22-17-35-25(30-22)32-12-10-31(3)11-13-32/h4-9,17-18,28H,10-13,15-16H2,1-3H3. The van der Waals surface area contributed by atoms with Gasteiger partial charge in [0.25, 0.3) is 5.91 Å². The Labute approximate surface area is 210 Å². The second kappa shape index (κ2) is 11.4. The summed E-state index contributed by atoms with van der Waals surface area (Å²) >= 11 is 1.66. The summed E-state index contributed by atoms with van der Waals surface area (Å²) in [5.41, 5.74) is 6.27. The molecule has 1 amide bonds. The van der Waals surface area contributed by atoms with Gasteiger partial charge in [-0.2, -0.15) is 5.26 Å². The zero-order chi connectivity index (χ0) is 24.8. The Morgan fingerprint density at radius 2 is 1.91 bits per heavy atom. The van der Waals surface area contributed by atoms with Crippen molar-refractivity contribution >= 4 is 22.4 Å². The summed E-state index contributed by atoms with van der Waals surface area (Å²) in [6.45, 7) is 9.07. The summed E-state index contributed by atoms with van der Waals surface area (Å²) in [5.74, 6) is 0.278. The number of hydrogen-bond donors (Lipinski definition) is 1. The number of piperazine rings is 1. The van der Waals surface area contributed by atoms with Crippen molar-refractivity contribution in [1.82, 2.24) is 30.3 Å². The fraction of sp³-hybridized carbons (Fsp3) is 0.400. The number of nitriles is 1. The third kappa shape index (κ3) is 6.39. The van der Waals surface area contributed by atoms with E-state index in [9.17, 15) is 4.79 Å². The third-order valence-electron chi connectivity index (χ3n) is 5.76. The first-order valence-electron chi connectivity index (χ1n) is 11.7. The fourth-order valence-electron chi connectivity index (χ4n) is 3.67. The van der Waals surface area contributed by atoms with Crippen molar-refractivity contribution < 1.29 is 4.79 Å². The van der Waals surface area contributed by atoms with Crippen molar-refractivity contribution in [3.63, 3.8) is 0 Å². The van der Waals surface area contributed by atoms with E-state index >= 15 is 0 Å². The number of likely N-dealkylation sites (N-methyl/N-ethyl adjacent to an activating group) is 1. The van der Waals surface area contributed by atoms with Crippen LogP contribution in [0.5, 0.6) is 0 Å². The molecule has 0 spiro atoms. The largest absolute Gasteiger partial charge is 0.346 e. The third-order valence-corrected chi connectivity index (χ3v) is 6.66. The fourth-order valence-corrected chi connectivity index (χ4v) is 4.56. The molecular weight excluding hydrogens is 460 g/mol.